The van der Waals surface area contributed by atoms with E-state index < -0.39 is 26.6 Å². The molecule has 0 spiro atoms. The Bertz CT molecular complexity index is 1070. The van der Waals surface area contributed by atoms with Gasteiger partial charge in [-0.05, 0) is 58.6 Å². The summed E-state index contributed by atoms with van der Waals surface area (Å²) in [6, 6.07) is 7.51. The molecule has 2 N–H and O–H groups in total. The predicted molar refractivity (Wildman–Crippen MR) is 111 cm³/mol. The molecule has 0 radical (unpaired) electrons. The molecule has 1 heterocycles. The first kappa shape index (κ1) is 23.3. The van der Waals surface area contributed by atoms with Gasteiger partial charge in [0.2, 0.25) is 10.0 Å². The van der Waals surface area contributed by atoms with Gasteiger partial charge in [-0.25, -0.2) is 18.1 Å². The SMILES string of the molecule is CC(C)(C)S(=O)(=O)N[C@H]1CC[C@H](c2nc(-c3ccc(C#N)cc3)c(C(F)(F)F)[nH]2)CC1. The minimum atomic E-state index is -4.60. The first-order chi connectivity index (χ1) is 14.3. The number of rotatable bonds is 4. The molecule has 0 bridgehead atoms. The second-order valence-electron chi connectivity index (χ2n) is 8.81. The summed E-state index contributed by atoms with van der Waals surface area (Å²) in [5.41, 5.74) is -0.477. The van der Waals surface area contributed by atoms with E-state index in [2.05, 4.69) is 14.7 Å². The topological polar surface area (TPSA) is 98.6 Å². The van der Waals surface area contributed by atoms with E-state index in [0.29, 0.717) is 31.2 Å². The average molecular weight is 455 g/mol. The van der Waals surface area contributed by atoms with Crippen molar-refractivity contribution in [3.63, 3.8) is 0 Å². The number of hydrogen-bond acceptors (Lipinski definition) is 4. The Balaban J connectivity index is 1.80. The van der Waals surface area contributed by atoms with Crippen molar-refractivity contribution in [1.29, 1.82) is 5.26 Å². The normalized spacial score (nSPS) is 20.4. The van der Waals surface area contributed by atoms with Crippen LogP contribution in [0, 0.1) is 11.3 Å². The number of aromatic amines is 1. The molecule has 0 aliphatic heterocycles. The van der Waals surface area contributed by atoms with Crippen molar-refractivity contribution in [2.24, 2.45) is 0 Å². The smallest absolute Gasteiger partial charge is 0.338 e. The zero-order valence-electron chi connectivity index (χ0n) is 17.5. The molecule has 1 aromatic heterocycles. The number of halogens is 3. The van der Waals surface area contributed by atoms with E-state index in [4.69, 9.17) is 5.26 Å². The summed E-state index contributed by atoms with van der Waals surface area (Å²) in [4.78, 5) is 6.73. The van der Waals surface area contributed by atoms with Crippen molar-refractivity contribution in [2.75, 3.05) is 0 Å². The zero-order chi connectivity index (χ0) is 23.0. The van der Waals surface area contributed by atoms with Gasteiger partial charge in [-0.15, -0.1) is 0 Å². The Morgan fingerprint density at radius 2 is 1.68 bits per heavy atom. The maximum Gasteiger partial charge on any atom is 0.433 e. The van der Waals surface area contributed by atoms with Crippen LogP contribution in [0.5, 0.6) is 0 Å². The molecule has 1 aliphatic rings. The van der Waals surface area contributed by atoms with Crippen LogP contribution >= 0.6 is 0 Å². The molecule has 6 nitrogen and oxygen atoms in total. The predicted octanol–water partition coefficient (Wildman–Crippen LogP) is 4.71. The molecular weight excluding hydrogens is 429 g/mol. The number of alkyl halides is 3. The Labute approximate surface area is 179 Å². The maximum atomic E-state index is 13.6. The van der Waals surface area contributed by atoms with E-state index in [9.17, 15) is 21.6 Å². The van der Waals surface area contributed by atoms with Gasteiger partial charge in [0.05, 0.1) is 16.4 Å². The molecule has 2 aromatic rings. The average Bonchev–Trinajstić information content (AvgIpc) is 3.13. The third-order valence-electron chi connectivity index (χ3n) is 5.53. The highest BCUT2D eigenvalue weighted by molar-refractivity contribution is 7.90. The van der Waals surface area contributed by atoms with Crippen LogP contribution in [0.15, 0.2) is 24.3 Å². The molecule has 1 aliphatic carbocycles. The van der Waals surface area contributed by atoms with Gasteiger partial charge >= 0.3 is 6.18 Å². The lowest BCUT2D eigenvalue weighted by atomic mass is 9.86. The first-order valence-electron chi connectivity index (χ1n) is 10.0. The standard InChI is InChI=1S/C21H25F3N4O2S/c1-20(2,3)31(29,30)28-16-10-8-15(9-11-16)19-26-17(18(27-19)21(22,23)24)14-6-4-13(12-25)5-7-14/h4-7,15-16,28H,8-11H2,1-3H3,(H,26,27)/t15-,16-. The van der Waals surface area contributed by atoms with Crippen molar-refractivity contribution in [1.82, 2.24) is 14.7 Å². The summed E-state index contributed by atoms with van der Waals surface area (Å²) < 4.78 is 67.4. The number of benzene rings is 1. The van der Waals surface area contributed by atoms with Crippen LogP contribution in [0.3, 0.4) is 0 Å². The van der Waals surface area contributed by atoms with E-state index in [1.807, 2.05) is 6.07 Å². The number of imidazole rings is 1. The van der Waals surface area contributed by atoms with Gasteiger partial charge in [0.1, 0.15) is 17.2 Å². The molecule has 0 atom stereocenters. The molecule has 0 unspecified atom stereocenters. The Kier molecular flexibility index (Phi) is 6.22. The molecular formula is C21H25F3N4O2S. The van der Waals surface area contributed by atoms with Crippen LogP contribution in [0.4, 0.5) is 13.2 Å². The summed E-state index contributed by atoms with van der Waals surface area (Å²) in [6.45, 7) is 4.85. The highest BCUT2D eigenvalue weighted by atomic mass is 32.2. The second-order valence-corrected chi connectivity index (χ2v) is 11.3. The van der Waals surface area contributed by atoms with Crippen LogP contribution in [0.2, 0.25) is 0 Å². The van der Waals surface area contributed by atoms with E-state index in [1.165, 1.54) is 24.3 Å². The van der Waals surface area contributed by atoms with E-state index in [1.54, 1.807) is 20.8 Å². The fourth-order valence-corrected chi connectivity index (χ4v) is 4.61. The molecule has 0 saturated heterocycles. The minimum Gasteiger partial charge on any atom is -0.338 e. The number of H-pyrrole nitrogens is 1. The molecule has 1 saturated carbocycles. The van der Waals surface area contributed by atoms with Crippen molar-refractivity contribution in [3.05, 3.63) is 41.3 Å². The van der Waals surface area contributed by atoms with Gasteiger partial charge in [0.25, 0.3) is 0 Å². The third kappa shape index (κ3) is 5.10. The highest BCUT2D eigenvalue weighted by Crippen LogP contribution is 2.39. The number of nitrogens with zero attached hydrogens (tertiary/aromatic N) is 2. The lowest BCUT2D eigenvalue weighted by Gasteiger charge is -2.30. The number of nitriles is 1. The monoisotopic (exact) mass is 454 g/mol. The van der Waals surface area contributed by atoms with Gasteiger partial charge in [0.15, 0.2) is 0 Å². The van der Waals surface area contributed by atoms with Gasteiger partial charge in [-0.3, -0.25) is 0 Å². The van der Waals surface area contributed by atoms with Gasteiger partial charge < -0.3 is 4.98 Å². The van der Waals surface area contributed by atoms with E-state index in [-0.39, 0.29) is 29.0 Å². The zero-order valence-corrected chi connectivity index (χ0v) is 18.4. The molecule has 10 heteroatoms. The molecule has 31 heavy (non-hydrogen) atoms. The van der Waals surface area contributed by atoms with Gasteiger partial charge in [-0.1, -0.05) is 12.1 Å². The van der Waals surface area contributed by atoms with Gasteiger partial charge in [-0.2, -0.15) is 18.4 Å². The van der Waals surface area contributed by atoms with Crippen molar-refractivity contribution >= 4 is 10.0 Å². The second kappa shape index (κ2) is 8.28. The van der Waals surface area contributed by atoms with Crippen LogP contribution in [0.1, 0.15) is 69.5 Å². The summed E-state index contributed by atoms with van der Waals surface area (Å²) in [5, 5.41) is 8.90. The first-order valence-corrected chi connectivity index (χ1v) is 11.5. The highest BCUT2D eigenvalue weighted by Gasteiger charge is 2.39. The Morgan fingerprint density at radius 3 is 2.16 bits per heavy atom. The Hall–Kier alpha value is -2.38. The fourth-order valence-electron chi connectivity index (χ4n) is 3.58. The quantitative estimate of drug-likeness (QED) is 0.699. The molecule has 1 aromatic carbocycles. The minimum absolute atomic E-state index is 0.192. The van der Waals surface area contributed by atoms with Crippen LogP contribution in [-0.4, -0.2) is 29.2 Å². The van der Waals surface area contributed by atoms with E-state index in [0.717, 1.165) is 0 Å². The number of nitrogens with one attached hydrogen (secondary N) is 2. The molecule has 168 valence electrons. The molecule has 3 rings (SSSR count). The van der Waals surface area contributed by atoms with Crippen molar-refractivity contribution in [3.8, 4) is 17.3 Å². The van der Waals surface area contributed by atoms with Crippen LogP contribution in [0.25, 0.3) is 11.3 Å². The lowest BCUT2D eigenvalue weighted by molar-refractivity contribution is -0.140. The number of hydrogen-bond donors (Lipinski definition) is 2. The number of sulfonamides is 1. The van der Waals surface area contributed by atoms with E-state index >= 15 is 0 Å². The van der Waals surface area contributed by atoms with Crippen LogP contribution in [-0.2, 0) is 16.2 Å². The largest absolute Gasteiger partial charge is 0.433 e. The number of aromatic nitrogens is 2. The lowest BCUT2D eigenvalue weighted by Crippen LogP contribution is -2.45. The fraction of sp³-hybridized carbons (Fsp3) is 0.524. The van der Waals surface area contributed by atoms with Crippen molar-refractivity contribution in [2.45, 2.75) is 69.3 Å². The summed E-state index contributed by atoms with van der Waals surface area (Å²) >= 11 is 0. The van der Waals surface area contributed by atoms with Crippen LogP contribution < -0.4 is 4.72 Å². The van der Waals surface area contributed by atoms with Gasteiger partial charge in [0, 0.05) is 17.5 Å². The summed E-state index contributed by atoms with van der Waals surface area (Å²) in [7, 11) is -3.49. The van der Waals surface area contributed by atoms with Crippen molar-refractivity contribution < 1.29 is 21.6 Å². The molecule has 0 amide bonds. The summed E-state index contributed by atoms with van der Waals surface area (Å²) in [5.74, 6) is 0.0347. The Morgan fingerprint density at radius 1 is 1.10 bits per heavy atom. The third-order valence-corrected chi connectivity index (χ3v) is 7.79. The molecule has 1 fully saturated rings. The maximum absolute atomic E-state index is 13.6. The summed E-state index contributed by atoms with van der Waals surface area (Å²) in [6.07, 6.45) is -2.51.